The number of carbonyl (C=O) groups is 1. The summed E-state index contributed by atoms with van der Waals surface area (Å²) in [5.41, 5.74) is 8.10. The van der Waals surface area contributed by atoms with Crippen LogP contribution in [0.15, 0.2) is 24.4 Å². The Morgan fingerprint density at radius 2 is 2.28 bits per heavy atom. The molecule has 1 aromatic carbocycles. The second kappa shape index (κ2) is 5.51. The molecule has 0 unspecified atom stereocenters. The third kappa shape index (κ3) is 2.55. The molecule has 1 amide bonds. The van der Waals surface area contributed by atoms with Gasteiger partial charge in [0.2, 0.25) is 5.91 Å². The van der Waals surface area contributed by atoms with Gasteiger partial charge in [-0.25, -0.2) is 0 Å². The van der Waals surface area contributed by atoms with E-state index in [4.69, 9.17) is 5.73 Å². The molecule has 0 aliphatic rings. The lowest BCUT2D eigenvalue weighted by Crippen LogP contribution is -2.12. The Bertz CT molecular complexity index is 598. The largest absolute Gasteiger partial charge is 0.396 e. The van der Waals surface area contributed by atoms with Crippen molar-refractivity contribution >= 4 is 50.8 Å². The van der Waals surface area contributed by atoms with Crippen LogP contribution in [-0.2, 0) is 4.79 Å². The molecule has 18 heavy (non-hydrogen) atoms. The van der Waals surface area contributed by atoms with Crippen molar-refractivity contribution in [1.82, 2.24) is 4.98 Å². The maximum Gasteiger partial charge on any atom is 0.224 e. The maximum atomic E-state index is 11.6. The third-order valence-corrected chi connectivity index (χ3v) is 3.51. The van der Waals surface area contributed by atoms with Gasteiger partial charge in [0.05, 0.1) is 23.1 Å². The first-order valence-electron chi connectivity index (χ1n) is 5.76. The quantitative estimate of drug-likeness (QED) is 0.832. The highest BCUT2D eigenvalue weighted by molar-refractivity contribution is 14.1. The predicted molar refractivity (Wildman–Crippen MR) is 82.4 cm³/mol. The standard InChI is InChI=1S/C13H14IN3O/c1-2-4-11(18)17-10-7-16-13-8(12(10)15)5-3-6-9(13)14/h3,5-7H,2,4H2,1H3,(H2,15,16)(H,17,18). The predicted octanol–water partition coefficient (Wildman–Crippen LogP) is 3.16. The maximum absolute atomic E-state index is 11.6. The second-order valence-corrected chi connectivity index (χ2v) is 5.18. The zero-order valence-electron chi connectivity index (χ0n) is 10.0. The number of fused-ring (bicyclic) bond motifs is 1. The van der Waals surface area contributed by atoms with Gasteiger partial charge in [-0.2, -0.15) is 0 Å². The molecule has 1 heterocycles. The molecular formula is C13H14IN3O. The molecule has 3 N–H and O–H groups in total. The third-order valence-electron chi connectivity index (χ3n) is 2.64. The van der Waals surface area contributed by atoms with Gasteiger partial charge < -0.3 is 11.1 Å². The lowest BCUT2D eigenvalue weighted by molar-refractivity contribution is -0.116. The van der Waals surface area contributed by atoms with Crippen LogP contribution < -0.4 is 11.1 Å². The van der Waals surface area contributed by atoms with Crippen LogP contribution in [0.1, 0.15) is 19.8 Å². The van der Waals surface area contributed by atoms with Gasteiger partial charge >= 0.3 is 0 Å². The Morgan fingerprint density at radius 3 is 3.00 bits per heavy atom. The van der Waals surface area contributed by atoms with Gasteiger partial charge in [-0.15, -0.1) is 0 Å². The van der Waals surface area contributed by atoms with Crippen molar-refractivity contribution in [3.63, 3.8) is 0 Å². The molecule has 2 aromatic rings. The van der Waals surface area contributed by atoms with Crippen molar-refractivity contribution in [2.45, 2.75) is 19.8 Å². The van der Waals surface area contributed by atoms with Gasteiger partial charge in [0.1, 0.15) is 0 Å². The van der Waals surface area contributed by atoms with Crippen LogP contribution in [0, 0.1) is 3.57 Å². The molecule has 0 bridgehead atoms. The fourth-order valence-corrected chi connectivity index (χ4v) is 2.38. The molecule has 1 aromatic heterocycles. The van der Waals surface area contributed by atoms with Gasteiger partial charge in [-0.3, -0.25) is 9.78 Å². The Labute approximate surface area is 119 Å². The zero-order valence-corrected chi connectivity index (χ0v) is 12.2. The molecule has 94 valence electrons. The van der Waals surface area contributed by atoms with E-state index in [0.717, 1.165) is 20.9 Å². The number of para-hydroxylation sites is 1. The molecule has 0 aliphatic carbocycles. The number of nitrogens with two attached hydrogens (primary N) is 1. The van der Waals surface area contributed by atoms with E-state index in [1.807, 2.05) is 25.1 Å². The summed E-state index contributed by atoms with van der Waals surface area (Å²) >= 11 is 2.22. The van der Waals surface area contributed by atoms with E-state index in [-0.39, 0.29) is 5.91 Å². The number of nitrogens with one attached hydrogen (secondary N) is 1. The van der Waals surface area contributed by atoms with Crippen molar-refractivity contribution in [2.75, 3.05) is 11.1 Å². The number of nitrogen functional groups attached to an aromatic ring is 1. The molecule has 2 rings (SSSR count). The van der Waals surface area contributed by atoms with Gasteiger partial charge in [0, 0.05) is 15.4 Å². The SMILES string of the molecule is CCCC(=O)Nc1cnc2c(I)cccc2c1N. The summed E-state index contributed by atoms with van der Waals surface area (Å²) in [5.74, 6) is -0.0315. The fraction of sp³-hybridized carbons (Fsp3) is 0.231. The summed E-state index contributed by atoms with van der Waals surface area (Å²) < 4.78 is 1.04. The summed E-state index contributed by atoms with van der Waals surface area (Å²) in [6, 6.07) is 5.82. The van der Waals surface area contributed by atoms with E-state index >= 15 is 0 Å². The van der Waals surface area contributed by atoms with E-state index in [2.05, 4.69) is 32.9 Å². The first-order chi connectivity index (χ1) is 8.63. The van der Waals surface area contributed by atoms with E-state index in [1.165, 1.54) is 0 Å². The average Bonchev–Trinajstić information content (AvgIpc) is 2.34. The lowest BCUT2D eigenvalue weighted by atomic mass is 10.1. The molecule has 0 atom stereocenters. The molecular weight excluding hydrogens is 341 g/mol. The Hall–Kier alpha value is -1.37. The second-order valence-electron chi connectivity index (χ2n) is 4.02. The van der Waals surface area contributed by atoms with Crippen molar-refractivity contribution in [1.29, 1.82) is 0 Å². The number of benzene rings is 1. The molecule has 4 nitrogen and oxygen atoms in total. The molecule has 5 heteroatoms. The highest BCUT2D eigenvalue weighted by Crippen LogP contribution is 2.29. The molecule has 0 saturated heterocycles. The Kier molecular flexibility index (Phi) is 4.00. The van der Waals surface area contributed by atoms with Crippen LogP contribution in [0.4, 0.5) is 11.4 Å². The monoisotopic (exact) mass is 355 g/mol. The summed E-state index contributed by atoms with van der Waals surface area (Å²) in [5, 5.41) is 3.67. The van der Waals surface area contributed by atoms with Gasteiger partial charge in [0.15, 0.2) is 0 Å². The number of hydrogen-bond acceptors (Lipinski definition) is 3. The highest BCUT2D eigenvalue weighted by Gasteiger charge is 2.09. The number of hydrogen-bond donors (Lipinski definition) is 2. The number of nitrogens with zero attached hydrogens (tertiary/aromatic N) is 1. The van der Waals surface area contributed by atoms with Gasteiger partial charge in [-0.05, 0) is 35.1 Å². The van der Waals surface area contributed by atoms with Crippen LogP contribution in [-0.4, -0.2) is 10.9 Å². The molecule has 0 radical (unpaired) electrons. The van der Waals surface area contributed by atoms with Gasteiger partial charge in [-0.1, -0.05) is 19.1 Å². The van der Waals surface area contributed by atoms with Crippen molar-refractivity contribution < 1.29 is 4.79 Å². The number of pyridine rings is 1. The molecule has 0 saturated carbocycles. The Balaban J connectivity index is 2.42. The average molecular weight is 355 g/mol. The van der Waals surface area contributed by atoms with Crippen LogP contribution in [0.3, 0.4) is 0 Å². The van der Waals surface area contributed by atoms with Crippen molar-refractivity contribution in [3.05, 3.63) is 28.0 Å². The lowest BCUT2D eigenvalue weighted by Gasteiger charge is -2.10. The van der Waals surface area contributed by atoms with Crippen molar-refractivity contribution in [3.8, 4) is 0 Å². The van der Waals surface area contributed by atoms with Crippen LogP contribution in [0.5, 0.6) is 0 Å². The van der Waals surface area contributed by atoms with E-state index in [0.29, 0.717) is 17.8 Å². The van der Waals surface area contributed by atoms with E-state index in [1.54, 1.807) is 6.20 Å². The minimum absolute atomic E-state index is 0.0315. The summed E-state index contributed by atoms with van der Waals surface area (Å²) in [4.78, 5) is 15.9. The Morgan fingerprint density at radius 1 is 1.50 bits per heavy atom. The van der Waals surface area contributed by atoms with Gasteiger partial charge in [0.25, 0.3) is 0 Å². The number of aromatic nitrogens is 1. The van der Waals surface area contributed by atoms with E-state index in [9.17, 15) is 4.79 Å². The number of halogens is 1. The van der Waals surface area contributed by atoms with Crippen molar-refractivity contribution in [2.24, 2.45) is 0 Å². The summed E-state index contributed by atoms with van der Waals surface area (Å²) in [7, 11) is 0. The molecule has 0 fully saturated rings. The van der Waals surface area contributed by atoms with Crippen LogP contribution >= 0.6 is 22.6 Å². The first-order valence-corrected chi connectivity index (χ1v) is 6.84. The number of carbonyl (C=O) groups excluding carboxylic acids is 1. The number of rotatable bonds is 3. The minimum atomic E-state index is -0.0315. The highest BCUT2D eigenvalue weighted by atomic mass is 127. The fourth-order valence-electron chi connectivity index (χ4n) is 1.75. The van der Waals surface area contributed by atoms with Crippen LogP contribution in [0.2, 0.25) is 0 Å². The zero-order chi connectivity index (χ0) is 13.1. The smallest absolute Gasteiger partial charge is 0.224 e. The van der Waals surface area contributed by atoms with Crippen LogP contribution in [0.25, 0.3) is 10.9 Å². The number of amides is 1. The number of anilines is 2. The molecule has 0 aliphatic heterocycles. The topological polar surface area (TPSA) is 68.0 Å². The normalized spacial score (nSPS) is 10.6. The first kappa shape index (κ1) is 13.1. The minimum Gasteiger partial charge on any atom is -0.396 e. The summed E-state index contributed by atoms with van der Waals surface area (Å²) in [6.07, 6.45) is 2.92. The van der Waals surface area contributed by atoms with E-state index < -0.39 is 0 Å². The summed E-state index contributed by atoms with van der Waals surface area (Å²) in [6.45, 7) is 1.96. The molecule has 0 spiro atoms.